The van der Waals surface area contributed by atoms with Crippen LogP contribution in [0.1, 0.15) is 47.5 Å². The Morgan fingerprint density at radius 2 is 1.75 bits per heavy atom. The Morgan fingerprint density at radius 3 is 2.25 bits per heavy atom. The minimum absolute atomic E-state index is 0.111. The summed E-state index contributed by atoms with van der Waals surface area (Å²) in [7, 11) is 0. The zero-order chi connectivity index (χ0) is 15.3. The van der Waals surface area contributed by atoms with Crippen LogP contribution in [0.25, 0.3) is 0 Å². The van der Waals surface area contributed by atoms with E-state index in [9.17, 15) is 9.59 Å². The van der Waals surface area contributed by atoms with Crippen LogP contribution in [0.3, 0.4) is 0 Å². The van der Waals surface area contributed by atoms with Gasteiger partial charge in [0.15, 0.2) is 0 Å². The van der Waals surface area contributed by atoms with E-state index in [1.54, 1.807) is 0 Å². The second-order valence-corrected chi connectivity index (χ2v) is 6.92. The average molecular weight is 284 g/mol. The standard InChI is InChI=1S/C15H28N2O3/c1-11-8-12(2)10-17(9-11)13(18)6-7-16-14(19)20-15(3,4)5/h11-12H,6-10H2,1-5H3,(H,16,19)/t11-,12-/m1/s1. The van der Waals surface area contributed by atoms with E-state index in [0.717, 1.165) is 13.1 Å². The van der Waals surface area contributed by atoms with E-state index in [-0.39, 0.29) is 5.91 Å². The number of carbonyl (C=O) groups is 2. The Hall–Kier alpha value is -1.26. The van der Waals surface area contributed by atoms with Crippen molar-refractivity contribution in [2.45, 2.75) is 53.1 Å². The Bertz CT molecular complexity index is 340. The Balaban J connectivity index is 2.28. The second-order valence-electron chi connectivity index (χ2n) is 6.92. The highest BCUT2D eigenvalue weighted by molar-refractivity contribution is 5.77. The van der Waals surface area contributed by atoms with Crippen LogP contribution in [0.15, 0.2) is 0 Å². The molecule has 1 aliphatic rings. The molecule has 0 aromatic heterocycles. The van der Waals surface area contributed by atoms with Crippen LogP contribution in [-0.2, 0) is 9.53 Å². The van der Waals surface area contributed by atoms with Gasteiger partial charge in [-0.15, -0.1) is 0 Å². The summed E-state index contributed by atoms with van der Waals surface area (Å²) in [5.41, 5.74) is -0.508. The lowest BCUT2D eigenvalue weighted by molar-refractivity contribution is -0.133. The molecule has 5 heteroatoms. The highest BCUT2D eigenvalue weighted by Gasteiger charge is 2.25. The summed E-state index contributed by atoms with van der Waals surface area (Å²) in [4.78, 5) is 25.5. The van der Waals surface area contributed by atoms with Crippen LogP contribution in [0.2, 0.25) is 0 Å². The summed E-state index contributed by atoms with van der Waals surface area (Å²) in [5, 5.41) is 2.62. The lowest BCUT2D eigenvalue weighted by Crippen LogP contribution is -2.43. The van der Waals surface area contributed by atoms with Gasteiger partial charge in [-0.25, -0.2) is 4.79 Å². The first-order chi connectivity index (χ1) is 9.17. The van der Waals surface area contributed by atoms with Crippen molar-refractivity contribution in [2.24, 2.45) is 11.8 Å². The van der Waals surface area contributed by atoms with Crippen molar-refractivity contribution in [3.63, 3.8) is 0 Å². The van der Waals surface area contributed by atoms with Crippen LogP contribution in [0, 0.1) is 11.8 Å². The molecule has 5 nitrogen and oxygen atoms in total. The fourth-order valence-electron chi connectivity index (χ4n) is 2.61. The molecule has 0 bridgehead atoms. The van der Waals surface area contributed by atoms with Crippen LogP contribution in [0.5, 0.6) is 0 Å². The molecule has 1 N–H and O–H groups in total. The van der Waals surface area contributed by atoms with E-state index in [1.807, 2.05) is 25.7 Å². The molecular formula is C15H28N2O3. The molecule has 0 aromatic rings. The molecule has 1 rings (SSSR count). The van der Waals surface area contributed by atoms with E-state index < -0.39 is 11.7 Å². The first-order valence-corrected chi connectivity index (χ1v) is 7.42. The molecule has 0 aliphatic carbocycles. The van der Waals surface area contributed by atoms with Gasteiger partial charge < -0.3 is 15.0 Å². The van der Waals surface area contributed by atoms with Gasteiger partial charge in [0.2, 0.25) is 5.91 Å². The van der Waals surface area contributed by atoms with Gasteiger partial charge in [-0.2, -0.15) is 0 Å². The van der Waals surface area contributed by atoms with Crippen LogP contribution < -0.4 is 5.32 Å². The number of ether oxygens (including phenoxy) is 1. The molecule has 0 unspecified atom stereocenters. The number of nitrogens with one attached hydrogen (secondary N) is 1. The summed E-state index contributed by atoms with van der Waals surface area (Å²) >= 11 is 0. The number of hydrogen-bond donors (Lipinski definition) is 1. The molecule has 0 aromatic carbocycles. The molecule has 116 valence electrons. The van der Waals surface area contributed by atoms with E-state index in [0.29, 0.717) is 24.8 Å². The zero-order valence-corrected chi connectivity index (χ0v) is 13.4. The molecule has 0 saturated carbocycles. The fourth-order valence-corrected chi connectivity index (χ4v) is 2.61. The predicted octanol–water partition coefficient (Wildman–Crippen LogP) is 2.41. The average Bonchev–Trinajstić information content (AvgIpc) is 2.24. The molecule has 1 saturated heterocycles. The number of likely N-dealkylation sites (tertiary alicyclic amines) is 1. The number of carbonyl (C=O) groups excluding carboxylic acids is 2. The van der Waals surface area contributed by atoms with Crippen molar-refractivity contribution in [1.82, 2.24) is 10.2 Å². The second kappa shape index (κ2) is 6.95. The predicted molar refractivity (Wildman–Crippen MR) is 78.4 cm³/mol. The summed E-state index contributed by atoms with van der Waals surface area (Å²) in [5.74, 6) is 1.22. The monoisotopic (exact) mass is 284 g/mol. The maximum absolute atomic E-state index is 12.1. The van der Waals surface area contributed by atoms with Crippen molar-refractivity contribution < 1.29 is 14.3 Å². The summed E-state index contributed by atoms with van der Waals surface area (Å²) in [6, 6.07) is 0. The largest absolute Gasteiger partial charge is 0.444 e. The van der Waals surface area contributed by atoms with Gasteiger partial charge in [-0.05, 0) is 39.0 Å². The summed E-state index contributed by atoms with van der Waals surface area (Å²) in [6.07, 6.45) is 1.05. The zero-order valence-electron chi connectivity index (χ0n) is 13.4. The van der Waals surface area contributed by atoms with Crippen molar-refractivity contribution in [1.29, 1.82) is 0 Å². The normalized spacial score (nSPS) is 23.4. The summed E-state index contributed by atoms with van der Waals surface area (Å²) < 4.78 is 5.12. The molecular weight excluding hydrogens is 256 g/mol. The number of amides is 2. The first-order valence-electron chi connectivity index (χ1n) is 7.42. The SMILES string of the molecule is C[C@@H]1C[C@@H](C)CN(C(=O)CCNC(=O)OC(C)(C)C)C1. The van der Waals surface area contributed by atoms with Crippen LogP contribution >= 0.6 is 0 Å². The van der Waals surface area contributed by atoms with Gasteiger partial charge in [0.05, 0.1) is 0 Å². The van der Waals surface area contributed by atoms with Gasteiger partial charge in [0.25, 0.3) is 0 Å². The third kappa shape index (κ3) is 6.26. The van der Waals surface area contributed by atoms with Gasteiger partial charge in [0.1, 0.15) is 5.60 Å². The lowest BCUT2D eigenvalue weighted by atomic mass is 9.92. The smallest absolute Gasteiger partial charge is 0.407 e. The molecule has 1 fully saturated rings. The number of alkyl carbamates (subject to hydrolysis) is 1. The molecule has 0 radical (unpaired) electrons. The molecule has 1 aliphatic heterocycles. The third-order valence-electron chi connectivity index (χ3n) is 3.23. The van der Waals surface area contributed by atoms with Crippen LogP contribution in [-0.4, -0.2) is 42.1 Å². The maximum Gasteiger partial charge on any atom is 0.407 e. The molecule has 0 spiro atoms. The van der Waals surface area contributed by atoms with Crippen LogP contribution in [0.4, 0.5) is 4.79 Å². The molecule has 2 atom stereocenters. The Morgan fingerprint density at radius 1 is 1.20 bits per heavy atom. The Kier molecular flexibility index (Phi) is 5.84. The maximum atomic E-state index is 12.1. The minimum atomic E-state index is -0.508. The first kappa shape index (κ1) is 16.8. The number of hydrogen-bond acceptors (Lipinski definition) is 3. The van der Waals surface area contributed by atoms with Gasteiger partial charge in [-0.3, -0.25) is 4.79 Å². The highest BCUT2D eigenvalue weighted by Crippen LogP contribution is 2.21. The van der Waals surface area contributed by atoms with Crippen molar-refractivity contribution >= 4 is 12.0 Å². The van der Waals surface area contributed by atoms with E-state index >= 15 is 0 Å². The van der Waals surface area contributed by atoms with E-state index in [1.165, 1.54) is 6.42 Å². The molecule has 20 heavy (non-hydrogen) atoms. The Labute approximate surface area is 122 Å². The fraction of sp³-hybridized carbons (Fsp3) is 0.867. The van der Waals surface area contributed by atoms with E-state index in [2.05, 4.69) is 19.2 Å². The van der Waals surface area contributed by atoms with E-state index in [4.69, 9.17) is 4.74 Å². The third-order valence-corrected chi connectivity index (χ3v) is 3.23. The van der Waals surface area contributed by atoms with Crippen molar-refractivity contribution in [3.05, 3.63) is 0 Å². The van der Waals surface area contributed by atoms with Crippen molar-refractivity contribution in [3.8, 4) is 0 Å². The minimum Gasteiger partial charge on any atom is -0.444 e. The quantitative estimate of drug-likeness (QED) is 0.865. The number of nitrogens with zero attached hydrogens (tertiary/aromatic N) is 1. The highest BCUT2D eigenvalue weighted by atomic mass is 16.6. The number of rotatable bonds is 3. The summed E-state index contributed by atoms with van der Waals surface area (Å²) in [6.45, 7) is 11.8. The van der Waals surface area contributed by atoms with Gasteiger partial charge in [0, 0.05) is 26.1 Å². The number of piperidine rings is 1. The lowest BCUT2D eigenvalue weighted by Gasteiger charge is -2.35. The molecule has 1 heterocycles. The topological polar surface area (TPSA) is 58.6 Å². The van der Waals surface area contributed by atoms with Gasteiger partial charge >= 0.3 is 6.09 Å². The molecule has 2 amide bonds. The van der Waals surface area contributed by atoms with Crippen molar-refractivity contribution in [2.75, 3.05) is 19.6 Å². The van der Waals surface area contributed by atoms with Gasteiger partial charge in [-0.1, -0.05) is 13.8 Å².